The van der Waals surface area contributed by atoms with E-state index in [9.17, 15) is 0 Å². The lowest BCUT2D eigenvalue weighted by atomic mass is 10.0. The van der Waals surface area contributed by atoms with Gasteiger partial charge in [0, 0.05) is 12.1 Å². The smallest absolute Gasteiger partial charge is 0.119 e. The Morgan fingerprint density at radius 3 is 2.31 bits per heavy atom. The summed E-state index contributed by atoms with van der Waals surface area (Å²) < 4.78 is 0. The molecule has 1 aromatic carbocycles. The first kappa shape index (κ1) is 9.61. The second-order valence-corrected chi connectivity index (χ2v) is 2.91. The zero-order valence-corrected chi connectivity index (χ0v) is 7.27. The van der Waals surface area contributed by atoms with E-state index >= 15 is 0 Å². The van der Waals surface area contributed by atoms with Crippen molar-refractivity contribution in [1.29, 1.82) is 0 Å². The number of phenolic OH excluding ortho intramolecular Hbond substituents is 2. The van der Waals surface area contributed by atoms with Crippen molar-refractivity contribution < 1.29 is 10.2 Å². The van der Waals surface area contributed by atoms with Gasteiger partial charge in [0.2, 0.25) is 0 Å². The first-order chi connectivity index (χ1) is 6.13. The minimum absolute atomic E-state index is 0.0227. The lowest BCUT2D eigenvalue weighted by Crippen LogP contribution is -2.08. The van der Waals surface area contributed by atoms with Crippen molar-refractivity contribution in [3.63, 3.8) is 0 Å². The van der Waals surface area contributed by atoms with E-state index < -0.39 is 0 Å². The molecule has 0 bridgehead atoms. The number of hydrogen-bond donors (Lipinski definition) is 3. The number of nitrogens with two attached hydrogens (primary N) is 1. The van der Waals surface area contributed by atoms with Gasteiger partial charge in [-0.15, -0.1) is 6.58 Å². The molecule has 0 saturated carbocycles. The highest BCUT2D eigenvalue weighted by Gasteiger charge is 2.06. The maximum absolute atomic E-state index is 9.17. The van der Waals surface area contributed by atoms with Crippen molar-refractivity contribution in [3.05, 3.63) is 36.4 Å². The lowest BCUT2D eigenvalue weighted by Gasteiger charge is -2.09. The fourth-order valence-corrected chi connectivity index (χ4v) is 1.15. The van der Waals surface area contributed by atoms with E-state index in [1.54, 1.807) is 6.08 Å². The third-order valence-electron chi connectivity index (χ3n) is 1.77. The van der Waals surface area contributed by atoms with Crippen LogP contribution in [0.15, 0.2) is 30.9 Å². The summed E-state index contributed by atoms with van der Waals surface area (Å²) in [6.07, 6.45) is 2.31. The molecule has 13 heavy (non-hydrogen) atoms. The van der Waals surface area contributed by atoms with Gasteiger partial charge in [-0.3, -0.25) is 0 Å². The van der Waals surface area contributed by atoms with Crippen LogP contribution in [0.25, 0.3) is 0 Å². The third-order valence-corrected chi connectivity index (χ3v) is 1.77. The Morgan fingerprint density at radius 2 is 1.85 bits per heavy atom. The molecular weight excluding hydrogens is 166 g/mol. The van der Waals surface area contributed by atoms with Crippen LogP contribution in [0.1, 0.15) is 18.0 Å². The molecule has 1 aromatic rings. The maximum atomic E-state index is 9.17. The summed E-state index contributed by atoms with van der Waals surface area (Å²) in [6, 6.07) is 4.11. The molecule has 0 aliphatic heterocycles. The normalized spacial score (nSPS) is 12.4. The molecule has 0 heterocycles. The van der Waals surface area contributed by atoms with Crippen molar-refractivity contribution in [2.45, 2.75) is 12.5 Å². The Kier molecular flexibility index (Phi) is 2.93. The fourth-order valence-electron chi connectivity index (χ4n) is 1.15. The Balaban J connectivity index is 2.93. The molecule has 3 nitrogen and oxygen atoms in total. The van der Waals surface area contributed by atoms with E-state index in [-0.39, 0.29) is 17.5 Å². The van der Waals surface area contributed by atoms with Crippen LogP contribution in [0.2, 0.25) is 0 Å². The van der Waals surface area contributed by atoms with Gasteiger partial charge in [-0.2, -0.15) is 0 Å². The van der Waals surface area contributed by atoms with Gasteiger partial charge in [-0.1, -0.05) is 6.08 Å². The molecule has 0 aromatic heterocycles. The largest absolute Gasteiger partial charge is 0.508 e. The molecule has 0 aliphatic carbocycles. The molecule has 1 rings (SSSR count). The molecule has 0 aliphatic rings. The number of rotatable bonds is 3. The summed E-state index contributed by atoms with van der Waals surface area (Å²) in [5.41, 5.74) is 6.46. The van der Waals surface area contributed by atoms with E-state index in [1.807, 2.05) is 0 Å². The summed E-state index contributed by atoms with van der Waals surface area (Å²) in [4.78, 5) is 0. The monoisotopic (exact) mass is 179 g/mol. The standard InChI is InChI=1S/C10H13NO2/c1-2-3-10(11)7-4-8(12)6-9(13)5-7/h2,4-6,10,12-13H,1,3,11H2/t10-/m1/s1. The number of hydrogen-bond acceptors (Lipinski definition) is 3. The summed E-state index contributed by atoms with van der Waals surface area (Å²) in [7, 11) is 0. The second kappa shape index (κ2) is 3.96. The fraction of sp³-hybridized carbons (Fsp3) is 0.200. The van der Waals surface area contributed by atoms with Gasteiger partial charge >= 0.3 is 0 Å². The van der Waals surface area contributed by atoms with Crippen molar-refractivity contribution in [2.24, 2.45) is 5.73 Å². The SMILES string of the molecule is C=CC[C@@H](N)c1cc(O)cc(O)c1. The number of benzene rings is 1. The Morgan fingerprint density at radius 1 is 1.31 bits per heavy atom. The minimum Gasteiger partial charge on any atom is -0.508 e. The van der Waals surface area contributed by atoms with Crippen molar-refractivity contribution >= 4 is 0 Å². The molecule has 0 radical (unpaired) electrons. The van der Waals surface area contributed by atoms with Gasteiger partial charge in [0.1, 0.15) is 11.5 Å². The molecule has 0 amide bonds. The van der Waals surface area contributed by atoms with E-state index in [0.29, 0.717) is 12.0 Å². The quantitative estimate of drug-likeness (QED) is 0.618. The summed E-state index contributed by atoms with van der Waals surface area (Å²) >= 11 is 0. The van der Waals surface area contributed by atoms with E-state index in [2.05, 4.69) is 6.58 Å². The molecule has 1 atom stereocenters. The van der Waals surface area contributed by atoms with Gasteiger partial charge in [0.05, 0.1) is 0 Å². The van der Waals surface area contributed by atoms with E-state index in [4.69, 9.17) is 15.9 Å². The summed E-state index contributed by atoms with van der Waals surface area (Å²) in [5, 5.41) is 18.3. The van der Waals surface area contributed by atoms with Crippen molar-refractivity contribution in [1.82, 2.24) is 0 Å². The summed E-state index contributed by atoms with van der Waals surface area (Å²) in [5.74, 6) is 0.0454. The van der Waals surface area contributed by atoms with Crippen LogP contribution in [0, 0.1) is 0 Å². The topological polar surface area (TPSA) is 66.5 Å². The van der Waals surface area contributed by atoms with Crippen LogP contribution in [0.5, 0.6) is 11.5 Å². The van der Waals surface area contributed by atoms with Crippen LogP contribution in [0.4, 0.5) is 0 Å². The molecule has 0 fully saturated rings. The summed E-state index contributed by atoms with van der Waals surface area (Å²) in [6.45, 7) is 3.57. The van der Waals surface area contributed by atoms with Gasteiger partial charge in [0.25, 0.3) is 0 Å². The molecule has 0 unspecified atom stereocenters. The minimum atomic E-state index is -0.226. The number of aromatic hydroxyl groups is 2. The van der Waals surface area contributed by atoms with Crippen LogP contribution in [0.3, 0.4) is 0 Å². The molecular formula is C10H13NO2. The average Bonchev–Trinajstić information content (AvgIpc) is 2.03. The third kappa shape index (κ3) is 2.49. The highest BCUT2D eigenvalue weighted by atomic mass is 16.3. The highest BCUT2D eigenvalue weighted by Crippen LogP contribution is 2.25. The lowest BCUT2D eigenvalue weighted by molar-refractivity contribution is 0.448. The first-order valence-corrected chi connectivity index (χ1v) is 4.03. The zero-order chi connectivity index (χ0) is 9.84. The molecule has 70 valence electrons. The van der Waals surface area contributed by atoms with Crippen LogP contribution < -0.4 is 5.73 Å². The van der Waals surface area contributed by atoms with Gasteiger partial charge in [0.15, 0.2) is 0 Å². The van der Waals surface area contributed by atoms with Crippen LogP contribution in [-0.2, 0) is 0 Å². The van der Waals surface area contributed by atoms with Gasteiger partial charge in [-0.05, 0) is 24.1 Å². The van der Waals surface area contributed by atoms with Crippen LogP contribution in [-0.4, -0.2) is 10.2 Å². The first-order valence-electron chi connectivity index (χ1n) is 4.03. The maximum Gasteiger partial charge on any atom is 0.119 e. The Labute approximate surface area is 77.1 Å². The van der Waals surface area contributed by atoms with Crippen molar-refractivity contribution in [3.8, 4) is 11.5 Å². The average molecular weight is 179 g/mol. The molecule has 0 spiro atoms. The molecule has 4 N–H and O–H groups in total. The van der Waals surface area contributed by atoms with E-state index in [0.717, 1.165) is 0 Å². The second-order valence-electron chi connectivity index (χ2n) is 2.91. The highest BCUT2D eigenvalue weighted by molar-refractivity contribution is 5.38. The molecule has 0 saturated heterocycles. The van der Waals surface area contributed by atoms with Gasteiger partial charge in [-0.25, -0.2) is 0 Å². The molecule has 3 heteroatoms. The predicted octanol–water partition coefficient (Wildman–Crippen LogP) is 1.67. The Bertz CT molecular complexity index is 290. The zero-order valence-electron chi connectivity index (χ0n) is 7.27. The van der Waals surface area contributed by atoms with Gasteiger partial charge < -0.3 is 15.9 Å². The van der Waals surface area contributed by atoms with E-state index in [1.165, 1.54) is 18.2 Å². The predicted molar refractivity (Wildman–Crippen MR) is 51.5 cm³/mol. The van der Waals surface area contributed by atoms with Crippen LogP contribution >= 0.6 is 0 Å². The number of phenols is 2. The van der Waals surface area contributed by atoms with Crippen molar-refractivity contribution in [2.75, 3.05) is 0 Å². The Hall–Kier alpha value is -1.48.